The second-order valence-electron chi connectivity index (χ2n) is 4.79. The van der Waals surface area contributed by atoms with E-state index in [9.17, 15) is 20.1 Å². The van der Waals surface area contributed by atoms with Crippen molar-refractivity contribution in [2.45, 2.75) is 37.6 Å². The number of carbonyl (C=O) groups is 1. The van der Waals surface area contributed by atoms with E-state index in [0.717, 1.165) is 12.8 Å². The molecule has 2 heterocycles. The molecule has 1 aliphatic rings. The lowest BCUT2D eigenvalue weighted by Gasteiger charge is -2.39. The normalized spacial score (nSPS) is 31.6. The molecule has 0 saturated carbocycles. The van der Waals surface area contributed by atoms with E-state index < -0.39 is 36.9 Å². The molecule has 1 aliphatic heterocycles. The Bertz CT molecular complexity index is 507. The van der Waals surface area contributed by atoms with Gasteiger partial charge in [-0.3, -0.25) is 5.10 Å². The van der Waals surface area contributed by atoms with Gasteiger partial charge in [-0.1, -0.05) is 0 Å². The van der Waals surface area contributed by atoms with Crippen molar-refractivity contribution in [1.82, 2.24) is 10.2 Å². The number of nitrogens with one attached hydrogen (secondary N) is 1. The van der Waals surface area contributed by atoms with Gasteiger partial charge in [-0.05, 0) is 6.92 Å². The largest absolute Gasteiger partial charge is 0.508 e. The van der Waals surface area contributed by atoms with Gasteiger partial charge >= 0.3 is 6.16 Å². The van der Waals surface area contributed by atoms with Crippen LogP contribution in [0.4, 0.5) is 4.79 Å². The van der Waals surface area contributed by atoms with Gasteiger partial charge in [0, 0.05) is 11.8 Å². The standard InChI is InChI=1S/C12H18N2O8/c1-5-3-7(14-13-5)22-11-10(17)9(16)8(15)6(21-11)4-20-12(18)19-2/h3,6,8-11,15-17H,4H2,1-2H3,(H,13,14)/t6-,8-,9+,10-,11+/m1/s1. The van der Waals surface area contributed by atoms with Gasteiger partial charge in [0.25, 0.3) is 0 Å². The zero-order valence-electron chi connectivity index (χ0n) is 12.0. The van der Waals surface area contributed by atoms with Crippen LogP contribution in [0.2, 0.25) is 0 Å². The van der Waals surface area contributed by atoms with Gasteiger partial charge in [0.2, 0.25) is 12.2 Å². The number of aliphatic hydroxyl groups excluding tert-OH is 3. The molecule has 124 valence electrons. The third kappa shape index (κ3) is 3.65. The Morgan fingerprint density at radius 1 is 1.36 bits per heavy atom. The van der Waals surface area contributed by atoms with Crippen LogP contribution in [0.1, 0.15) is 5.69 Å². The summed E-state index contributed by atoms with van der Waals surface area (Å²) in [6.45, 7) is 1.38. The fraction of sp³-hybridized carbons (Fsp3) is 0.667. The summed E-state index contributed by atoms with van der Waals surface area (Å²) in [5.74, 6) is 0.151. The summed E-state index contributed by atoms with van der Waals surface area (Å²) in [5.41, 5.74) is 0.728. The van der Waals surface area contributed by atoms with Crippen molar-refractivity contribution >= 4 is 6.16 Å². The lowest BCUT2D eigenvalue weighted by atomic mass is 9.99. The second-order valence-corrected chi connectivity index (χ2v) is 4.79. The van der Waals surface area contributed by atoms with Crippen molar-refractivity contribution in [1.29, 1.82) is 0 Å². The molecule has 1 fully saturated rings. The Morgan fingerprint density at radius 3 is 2.68 bits per heavy atom. The molecule has 10 nitrogen and oxygen atoms in total. The number of aliphatic hydroxyl groups is 3. The van der Waals surface area contributed by atoms with Crippen LogP contribution in [-0.2, 0) is 14.2 Å². The van der Waals surface area contributed by atoms with E-state index in [-0.39, 0.29) is 12.5 Å². The fourth-order valence-corrected chi connectivity index (χ4v) is 1.93. The van der Waals surface area contributed by atoms with Gasteiger partial charge in [-0.15, -0.1) is 5.10 Å². The molecule has 0 spiro atoms. The van der Waals surface area contributed by atoms with Crippen molar-refractivity contribution in [3.63, 3.8) is 0 Å². The van der Waals surface area contributed by atoms with Crippen molar-refractivity contribution in [2.75, 3.05) is 13.7 Å². The number of methoxy groups -OCH3 is 1. The molecule has 1 aromatic rings. The molecule has 5 atom stereocenters. The molecule has 0 radical (unpaired) electrons. The third-order valence-electron chi connectivity index (χ3n) is 3.12. The SMILES string of the molecule is COC(=O)OC[C@H]1O[C@@H](Oc2cc(C)[nH]n2)[C@H](O)[C@@H](O)[C@@H]1O. The van der Waals surface area contributed by atoms with Gasteiger partial charge < -0.3 is 34.3 Å². The summed E-state index contributed by atoms with van der Waals surface area (Å²) in [7, 11) is 1.13. The molecule has 1 saturated heterocycles. The van der Waals surface area contributed by atoms with Crippen LogP contribution in [0, 0.1) is 6.92 Å². The first-order valence-electron chi connectivity index (χ1n) is 6.51. The number of ether oxygens (including phenoxy) is 4. The van der Waals surface area contributed by atoms with Crippen LogP contribution in [-0.4, -0.2) is 76.1 Å². The average Bonchev–Trinajstić information content (AvgIpc) is 2.91. The number of carbonyl (C=O) groups excluding carboxylic acids is 1. The molecule has 0 unspecified atom stereocenters. The minimum absolute atomic E-state index is 0.151. The lowest BCUT2D eigenvalue weighted by molar-refractivity contribution is -0.278. The van der Waals surface area contributed by atoms with Gasteiger partial charge in [0.05, 0.1) is 7.11 Å². The van der Waals surface area contributed by atoms with Crippen LogP contribution in [0.3, 0.4) is 0 Å². The Balaban J connectivity index is 2.01. The Hall–Kier alpha value is -1.88. The highest BCUT2D eigenvalue weighted by Crippen LogP contribution is 2.24. The van der Waals surface area contributed by atoms with Crippen LogP contribution < -0.4 is 4.74 Å². The van der Waals surface area contributed by atoms with E-state index in [4.69, 9.17) is 9.47 Å². The number of rotatable bonds is 4. The molecular formula is C12H18N2O8. The Labute approximate surface area is 125 Å². The summed E-state index contributed by atoms with van der Waals surface area (Å²) < 4.78 is 19.6. The molecule has 2 rings (SSSR count). The molecule has 22 heavy (non-hydrogen) atoms. The molecule has 0 aromatic carbocycles. The first-order valence-corrected chi connectivity index (χ1v) is 6.51. The topological polar surface area (TPSA) is 143 Å². The Kier molecular flexibility index (Phi) is 5.19. The zero-order valence-corrected chi connectivity index (χ0v) is 12.0. The first-order chi connectivity index (χ1) is 10.4. The predicted octanol–water partition coefficient (Wildman–Crippen LogP) is -1.31. The number of H-pyrrole nitrogens is 1. The zero-order chi connectivity index (χ0) is 16.3. The van der Waals surface area contributed by atoms with Gasteiger partial charge in [-0.25, -0.2) is 4.79 Å². The summed E-state index contributed by atoms with van der Waals surface area (Å²) in [4.78, 5) is 10.9. The minimum atomic E-state index is -1.54. The molecule has 10 heteroatoms. The van der Waals surface area contributed by atoms with Crippen LogP contribution in [0.15, 0.2) is 6.07 Å². The molecular weight excluding hydrogens is 300 g/mol. The molecule has 0 aliphatic carbocycles. The third-order valence-corrected chi connectivity index (χ3v) is 3.12. The maximum absolute atomic E-state index is 10.9. The van der Waals surface area contributed by atoms with Crippen LogP contribution in [0.5, 0.6) is 5.88 Å². The van der Waals surface area contributed by atoms with E-state index in [1.165, 1.54) is 0 Å². The van der Waals surface area contributed by atoms with E-state index in [0.29, 0.717) is 0 Å². The molecule has 4 N–H and O–H groups in total. The molecule has 1 aromatic heterocycles. The smallest absolute Gasteiger partial charge is 0.444 e. The van der Waals surface area contributed by atoms with Crippen molar-refractivity contribution in [2.24, 2.45) is 0 Å². The molecule has 0 bridgehead atoms. The first kappa shape index (κ1) is 16.5. The average molecular weight is 318 g/mol. The predicted molar refractivity (Wildman–Crippen MR) is 69.0 cm³/mol. The van der Waals surface area contributed by atoms with E-state index >= 15 is 0 Å². The van der Waals surface area contributed by atoms with Crippen molar-refractivity contribution in [3.05, 3.63) is 11.8 Å². The van der Waals surface area contributed by atoms with Gasteiger partial charge in [0.1, 0.15) is 31.0 Å². The maximum Gasteiger partial charge on any atom is 0.508 e. The van der Waals surface area contributed by atoms with Crippen LogP contribution >= 0.6 is 0 Å². The lowest BCUT2D eigenvalue weighted by Crippen LogP contribution is -2.60. The number of aromatic nitrogens is 2. The summed E-state index contributed by atoms with van der Waals surface area (Å²) in [5, 5.41) is 36.0. The monoisotopic (exact) mass is 318 g/mol. The summed E-state index contributed by atoms with van der Waals surface area (Å²) in [6.07, 6.45) is -7.83. The number of hydrogen-bond donors (Lipinski definition) is 4. The van der Waals surface area contributed by atoms with E-state index in [1.54, 1.807) is 13.0 Å². The molecule has 0 amide bonds. The number of aromatic amines is 1. The van der Waals surface area contributed by atoms with Crippen molar-refractivity contribution < 1.29 is 39.1 Å². The highest BCUT2D eigenvalue weighted by Gasteiger charge is 2.45. The van der Waals surface area contributed by atoms with Crippen LogP contribution in [0.25, 0.3) is 0 Å². The number of nitrogens with zero attached hydrogens (tertiary/aromatic N) is 1. The summed E-state index contributed by atoms with van der Waals surface area (Å²) in [6, 6.07) is 1.56. The minimum Gasteiger partial charge on any atom is -0.444 e. The highest BCUT2D eigenvalue weighted by molar-refractivity contribution is 5.59. The Morgan fingerprint density at radius 2 is 2.09 bits per heavy atom. The van der Waals surface area contributed by atoms with Gasteiger partial charge in [-0.2, -0.15) is 0 Å². The van der Waals surface area contributed by atoms with Crippen molar-refractivity contribution in [3.8, 4) is 5.88 Å². The quantitative estimate of drug-likeness (QED) is 0.497. The summed E-state index contributed by atoms with van der Waals surface area (Å²) >= 11 is 0. The highest BCUT2D eigenvalue weighted by atomic mass is 16.7. The van der Waals surface area contributed by atoms with Gasteiger partial charge in [0.15, 0.2) is 0 Å². The second kappa shape index (κ2) is 6.92. The number of hydrogen-bond acceptors (Lipinski definition) is 9. The van der Waals surface area contributed by atoms with E-state index in [1.807, 2.05) is 0 Å². The fourth-order valence-electron chi connectivity index (χ4n) is 1.93. The number of aryl methyl sites for hydroxylation is 1. The maximum atomic E-state index is 10.9. The van der Waals surface area contributed by atoms with E-state index in [2.05, 4.69) is 19.7 Å².